The molecule has 1 aliphatic carbocycles. The Morgan fingerprint density at radius 1 is 1.13 bits per heavy atom. The molecule has 0 saturated heterocycles. The Hall–Kier alpha value is -2.87. The smallest absolute Gasteiger partial charge is 0.407 e. The first kappa shape index (κ1) is 21.8. The van der Waals surface area contributed by atoms with E-state index in [-0.39, 0.29) is 18.0 Å². The van der Waals surface area contributed by atoms with Crippen LogP contribution in [0.5, 0.6) is 0 Å². The van der Waals surface area contributed by atoms with Gasteiger partial charge >= 0.3 is 11.8 Å². The molecule has 8 nitrogen and oxygen atoms in total. The molecule has 0 bridgehead atoms. The SMILES string of the molecule is CC(C)(C)OC(=O)NC1CCC(NCc2ccc(-n3ccc(N)nc3=O)cc2)CC1. The second kappa shape index (κ2) is 9.30. The number of carbonyl (C=O) groups is 1. The van der Waals surface area contributed by atoms with Gasteiger partial charge in [-0.1, -0.05) is 12.1 Å². The molecule has 1 aliphatic rings. The standard InChI is InChI=1S/C22H31N5O3/c1-22(2,3)30-21(29)25-17-8-6-16(7-9-17)24-14-15-4-10-18(11-5-15)27-13-12-19(23)26-20(27)28/h4-5,10-13,16-17,24H,6-9,14H2,1-3H3,(H,25,29)(H2,23,26,28). The predicted molar refractivity (Wildman–Crippen MR) is 116 cm³/mol. The number of hydrogen-bond acceptors (Lipinski definition) is 6. The molecule has 162 valence electrons. The Bertz CT molecular complexity index is 910. The van der Waals surface area contributed by atoms with Gasteiger partial charge in [0.1, 0.15) is 11.4 Å². The maximum Gasteiger partial charge on any atom is 0.407 e. The number of nitrogens with two attached hydrogens (primary N) is 1. The summed E-state index contributed by atoms with van der Waals surface area (Å²) < 4.78 is 6.80. The summed E-state index contributed by atoms with van der Waals surface area (Å²) in [6.07, 6.45) is 5.17. The van der Waals surface area contributed by atoms with Crippen molar-refractivity contribution in [1.82, 2.24) is 20.2 Å². The zero-order valence-electron chi connectivity index (χ0n) is 17.9. The molecule has 4 N–H and O–H groups in total. The molecule has 1 heterocycles. The van der Waals surface area contributed by atoms with Gasteiger partial charge in [0.15, 0.2) is 0 Å². The van der Waals surface area contributed by atoms with Crippen LogP contribution in [-0.2, 0) is 11.3 Å². The fourth-order valence-corrected chi connectivity index (χ4v) is 3.57. The van der Waals surface area contributed by atoms with E-state index >= 15 is 0 Å². The van der Waals surface area contributed by atoms with Crippen molar-refractivity contribution in [3.05, 3.63) is 52.6 Å². The molecule has 2 aromatic rings. The van der Waals surface area contributed by atoms with Crippen LogP contribution in [0.2, 0.25) is 0 Å². The minimum absolute atomic E-state index is 0.170. The van der Waals surface area contributed by atoms with Crippen LogP contribution in [0.25, 0.3) is 5.69 Å². The Morgan fingerprint density at radius 3 is 2.37 bits per heavy atom. The summed E-state index contributed by atoms with van der Waals surface area (Å²) >= 11 is 0. The van der Waals surface area contributed by atoms with Gasteiger partial charge in [0.2, 0.25) is 0 Å². The van der Waals surface area contributed by atoms with Crippen LogP contribution in [0.4, 0.5) is 10.6 Å². The number of alkyl carbamates (subject to hydrolysis) is 1. The second-order valence-corrected chi connectivity index (χ2v) is 8.75. The van der Waals surface area contributed by atoms with E-state index in [4.69, 9.17) is 10.5 Å². The summed E-state index contributed by atoms with van der Waals surface area (Å²) in [5.74, 6) is 0.216. The van der Waals surface area contributed by atoms with Crippen LogP contribution in [0.3, 0.4) is 0 Å². The highest BCUT2D eigenvalue weighted by molar-refractivity contribution is 5.68. The molecule has 0 spiro atoms. The van der Waals surface area contributed by atoms with E-state index in [9.17, 15) is 9.59 Å². The lowest BCUT2D eigenvalue weighted by molar-refractivity contribution is 0.0489. The van der Waals surface area contributed by atoms with Crippen molar-refractivity contribution in [3.8, 4) is 5.69 Å². The van der Waals surface area contributed by atoms with Crippen molar-refractivity contribution in [2.24, 2.45) is 0 Å². The highest BCUT2D eigenvalue weighted by Gasteiger charge is 2.24. The van der Waals surface area contributed by atoms with Gasteiger partial charge in [0.25, 0.3) is 0 Å². The molecule has 0 radical (unpaired) electrons. The zero-order chi connectivity index (χ0) is 21.7. The number of rotatable bonds is 5. The van der Waals surface area contributed by atoms with Gasteiger partial charge < -0.3 is 21.1 Å². The van der Waals surface area contributed by atoms with Crippen molar-refractivity contribution < 1.29 is 9.53 Å². The molecule has 0 atom stereocenters. The van der Waals surface area contributed by atoms with Crippen LogP contribution in [0.15, 0.2) is 41.3 Å². The number of hydrogen-bond donors (Lipinski definition) is 3. The first-order valence-electron chi connectivity index (χ1n) is 10.4. The summed E-state index contributed by atoms with van der Waals surface area (Å²) in [6.45, 7) is 6.35. The first-order valence-corrected chi connectivity index (χ1v) is 10.4. The van der Waals surface area contributed by atoms with E-state index in [1.165, 1.54) is 4.57 Å². The number of carbonyl (C=O) groups excluding carboxylic acids is 1. The highest BCUT2D eigenvalue weighted by Crippen LogP contribution is 2.20. The number of nitrogens with zero attached hydrogens (tertiary/aromatic N) is 2. The van der Waals surface area contributed by atoms with E-state index in [0.29, 0.717) is 6.04 Å². The molecule has 1 aromatic heterocycles. The van der Waals surface area contributed by atoms with Crippen molar-refractivity contribution in [1.29, 1.82) is 0 Å². The molecule has 1 saturated carbocycles. The summed E-state index contributed by atoms with van der Waals surface area (Å²) in [7, 11) is 0. The number of nitrogen functional groups attached to an aromatic ring is 1. The minimum atomic E-state index is -0.476. The van der Waals surface area contributed by atoms with E-state index in [1.54, 1.807) is 12.3 Å². The van der Waals surface area contributed by atoms with Crippen LogP contribution in [0.1, 0.15) is 52.0 Å². The fourth-order valence-electron chi connectivity index (χ4n) is 3.57. The lowest BCUT2D eigenvalue weighted by atomic mass is 9.91. The van der Waals surface area contributed by atoms with Gasteiger partial charge in [-0.2, -0.15) is 4.98 Å². The fraction of sp³-hybridized carbons (Fsp3) is 0.500. The largest absolute Gasteiger partial charge is 0.444 e. The van der Waals surface area contributed by atoms with E-state index in [2.05, 4.69) is 15.6 Å². The average Bonchev–Trinajstić information content (AvgIpc) is 2.66. The highest BCUT2D eigenvalue weighted by atomic mass is 16.6. The van der Waals surface area contributed by atoms with Crippen molar-refractivity contribution in [3.63, 3.8) is 0 Å². The number of benzene rings is 1. The van der Waals surface area contributed by atoms with E-state index < -0.39 is 11.3 Å². The quantitative estimate of drug-likeness (QED) is 0.695. The van der Waals surface area contributed by atoms with Gasteiger partial charge in [-0.05, 0) is 70.2 Å². The normalized spacial score (nSPS) is 19.3. The van der Waals surface area contributed by atoms with Gasteiger partial charge in [-0.3, -0.25) is 4.57 Å². The third kappa shape index (κ3) is 6.32. The number of amides is 1. The predicted octanol–water partition coefficient (Wildman–Crippen LogP) is 2.74. The van der Waals surface area contributed by atoms with E-state index in [0.717, 1.165) is 43.5 Å². The van der Waals surface area contributed by atoms with E-state index in [1.807, 2.05) is 45.0 Å². The number of aromatic nitrogens is 2. The Kier molecular flexibility index (Phi) is 6.77. The average molecular weight is 414 g/mol. The molecule has 1 fully saturated rings. The molecule has 1 amide bonds. The number of nitrogens with one attached hydrogen (secondary N) is 2. The molecule has 3 rings (SSSR count). The number of anilines is 1. The Morgan fingerprint density at radius 2 is 1.77 bits per heavy atom. The van der Waals surface area contributed by atoms with Gasteiger partial charge in [0.05, 0.1) is 5.69 Å². The van der Waals surface area contributed by atoms with Crippen LogP contribution in [0, 0.1) is 0 Å². The van der Waals surface area contributed by atoms with Crippen LogP contribution in [-0.4, -0.2) is 33.3 Å². The number of ether oxygens (including phenoxy) is 1. The topological polar surface area (TPSA) is 111 Å². The molecule has 0 aliphatic heterocycles. The van der Waals surface area contributed by atoms with Crippen molar-refractivity contribution in [2.75, 3.05) is 5.73 Å². The van der Waals surface area contributed by atoms with Crippen LogP contribution >= 0.6 is 0 Å². The molecular formula is C22H31N5O3. The molecule has 0 unspecified atom stereocenters. The Balaban J connectivity index is 1.44. The third-order valence-corrected chi connectivity index (χ3v) is 5.08. The molecular weight excluding hydrogens is 382 g/mol. The summed E-state index contributed by atoms with van der Waals surface area (Å²) in [6, 6.07) is 10.00. The summed E-state index contributed by atoms with van der Waals surface area (Å²) in [5.41, 5.74) is 6.57. The van der Waals surface area contributed by atoms with Gasteiger partial charge in [0, 0.05) is 24.8 Å². The van der Waals surface area contributed by atoms with Gasteiger partial charge in [-0.25, -0.2) is 9.59 Å². The molecule has 30 heavy (non-hydrogen) atoms. The monoisotopic (exact) mass is 413 g/mol. The lowest BCUT2D eigenvalue weighted by Gasteiger charge is -2.30. The first-order chi connectivity index (χ1) is 14.2. The maximum absolute atomic E-state index is 11.9. The maximum atomic E-state index is 11.9. The van der Waals surface area contributed by atoms with Crippen molar-refractivity contribution in [2.45, 2.75) is 70.7 Å². The van der Waals surface area contributed by atoms with Crippen LogP contribution < -0.4 is 22.1 Å². The summed E-state index contributed by atoms with van der Waals surface area (Å²) in [5, 5.41) is 6.56. The Labute approximate surface area is 176 Å². The zero-order valence-corrected chi connectivity index (χ0v) is 17.9. The molecule has 8 heteroatoms. The summed E-state index contributed by atoms with van der Waals surface area (Å²) in [4.78, 5) is 27.6. The second-order valence-electron chi connectivity index (χ2n) is 8.75. The lowest BCUT2D eigenvalue weighted by Crippen LogP contribution is -2.43. The van der Waals surface area contributed by atoms with Gasteiger partial charge in [-0.15, -0.1) is 0 Å². The van der Waals surface area contributed by atoms with Crippen molar-refractivity contribution >= 4 is 11.9 Å². The minimum Gasteiger partial charge on any atom is -0.444 e. The molecule has 1 aromatic carbocycles. The third-order valence-electron chi connectivity index (χ3n) is 5.08.